The van der Waals surface area contributed by atoms with Gasteiger partial charge >= 0.3 is 0 Å². The molecule has 264 valence electrons. The second-order valence-corrected chi connectivity index (χ2v) is 20.6. The molecule has 4 heteroatoms. The predicted octanol–water partition coefficient (Wildman–Crippen LogP) is 11.6. The fourth-order valence-corrected chi connectivity index (χ4v) is 12.3. The molecule has 7 aromatic rings. The Hall–Kier alpha value is -4.28. The molecule has 4 aliphatic rings. The van der Waals surface area contributed by atoms with Crippen LogP contribution >= 0.6 is 11.3 Å². The van der Waals surface area contributed by atoms with Crippen LogP contribution in [0.4, 0.5) is 17.1 Å². The number of anilines is 3. The molecule has 2 aliphatic heterocycles. The van der Waals surface area contributed by atoms with Crippen molar-refractivity contribution in [3.63, 3.8) is 0 Å². The molecule has 0 radical (unpaired) electrons. The lowest BCUT2D eigenvalue weighted by Crippen LogP contribution is -2.61. The van der Waals surface area contributed by atoms with E-state index in [1.54, 1.807) is 0 Å². The zero-order valence-corrected chi connectivity index (χ0v) is 33.6. The number of aryl methyl sites for hydroxylation is 1. The monoisotopic (exact) mass is 708 g/mol. The Morgan fingerprint density at radius 3 is 1.92 bits per heavy atom. The third-order valence-corrected chi connectivity index (χ3v) is 15.5. The molecule has 4 heterocycles. The molecular formula is C49H49BN2S. The molecule has 0 saturated heterocycles. The van der Waals surface area contributed by atoms with Gasteiger partial charge in [-0.1, -0.05) is 104 Å². The van der Waals surface area contributed by atoms with Crippen LogP contribution in [-0.2, 0) is 21.7 Å². The number of para-hydroxylation sites is 1. The van der Waals surface area contributed by atoms with E-state index in [1.165, 1.54) is 124 Å². The van der Waals surface area contributed by atoms with Crippen molar-refractivity contribution in [2.75, 3.05) is 4.90 Å². The molecule has 0 amide bonds. The molecule has 0 spiro atoms. The SMILES string of the molecule is Cc1cc2c3c(c1)-n1c4sc5ccccc5c4c4cccc(c41)B3c1cc3c(cc1N2c1ccc2c(c1)C(C)(C)CCC2(C)C)C(C)(C)CCC3(C)C. The molecule has 0 N–H and O–H groups in total. The minimum absolute atomic E-state index is 0.109. The summed E-state index contributed by atoms with van der Waals surface area (Å²) in [6.07, 6.45) is 4.84. The Labute approximate surface area is 318 Å². The van der Waals surface area contributed by atoms with E-state index in [1.807, 2.05) is 11.3 Å². The van der Waals surface area contributed by atoms with Crippen molar-refractivity contribution < 1.29 is 0 Å². The van der Waals surface area contributed by atoms with E-state index in [4.69, 9.17) is 0 Å². The van der Waals surface area contributed by atoms with Gasteiger partial charge in [-0.15, -0.1) is 11.3 Å². The fourth-order valence-electron chi connectivity index (χ4n) is 11.1. The normalized spacial score (nSPS) is 19.6. The molecule has 0 bridgehead atoms. The third-order valence-electron chi connectivity index (χ3n) is 14.3. The van der Waals surface area contributed by atoms with E-state index in [-0.39, 0.29) is 28.4 Å². The number of benzene rings is 5. The molecule has 0 saturated carbocycles. The number of fused-ring (bicyclic) bond motifs is 11. The van der Waals surface area contributed by atoms with Crippen LogP contribution in [0.5, 0.6) is 0 Å². The minimum Gasteiger partial charge on any atom is -0.311 e. The van der Waals surface area contributed by atoms with Crippen molar-refractivity contribution in [1.29, 1.82) is 0 Å². The van der Waals surface area contributed by atoms with Gasteiger partial charge in [0.2, 0.25) is 0 Å². The van der Waals surface area contributed by atoms with Crippen molar-refractivity contribution in [2.24, 2.45) is 0 Å². The van der Waals surface area contributed by atoms with Crippen LogP contribution in [0.3, 0.4) is 0 Å². The zero-order chi connectivity index (χ0) is 36.6. The van der Waals surface area contributed by atoms with E-state index in [2.05, 4.69) is 157 Å². The van der Waals surface area contributed by atoms with Crippen LogP contribution < -0.4 is 21.3 Å². The highest BCUT2D eigenvalue weighted by Crippen LogP contribution is 2.52. The lowest BCUT2D eigenvalue weighted by molar-refractivity contribution is 0.332. The van der Waals surface area contributed by atoms with Gasteiger partial charge in [-0.05, 0) is 135 Å². The van der Waals surface area contributed by atoms with Crippen molar-refractivity contribution in [2.45, 2.75) is 110 Å². The zero-order valence-electron chi connectivity index (χ0n) is 32.8. The molecule has 0 fully saturated rings. The summed E-state index contributed by atoms with van der Waals surface area (Å²) in [6.45, 7) is 22.2. The van der Waals surface area contributed by atoms with Gasteiger partial charge in [0.15, 0.2) is 0 Å². The van der Waals surface area contributed by atoms with Crippen LogP contribution in [0.1, 0.15) is 109 Å². The molecule has 2 nitrogen and oxygen atoms in total. The summed E-state index contributed by atoms with van der Waals surface area (Å²) in [6, 6.07) is 34.0. The maximum atomic E-state index is 2.68. The summed E-state index contributed by atoms with van der Waals surface area (Å²) in [5.74, 6) is 0. The van der Waals surface area contributed by atoms with E-state index in [0.717, 1.165) is 0 Å². The molecule has 0 atom stereocenters. The summed E-state index contributed by atoms with van der Waals surface area (Å²) in [4.78, 5) is 4.05. The van der Waals surface area contributed by atoms with E-state index in [0.29, 0.717) is 0 Å². The standard InChI is InChI=1S/C49H49BN2S/c1-28-23-39-43-40(24-28)52-44-31(42-30-13-10-11-16-41(30)53-45(42)52)14-12-15-36(44)50(43)37-26-34-35(49(8,9)22-21-48(34,6)7)27-38(37)51(39)29-17-18-32-33(25-29)47(4,5)20-19-46(32,2)3/h10-18,23-27H,19-22H2,1-9H3. The third kappa shape index (κ3) is 4.11. The Balaban J connectivity index is 1.29. The first-order chi connectivity index (χ1) is 25.2. The molecular weight excluding hydrogens is 659 g/mol. The van der Waals surface area contributed by atoms with Gasteiger partial charge in [0.25, 0.3) is 6.71 Å². The van der Waals surface area contributed by atoms with E-state index < -0.39 is 0 Å². The topological polar surface area (TPSA) is 8.17 Å². The van der Waals surface area contributed by atoms with Gasteiger partial charge in [-0.2, -0.15) is 0 Å². The van der Waals surface area contributed by atoms with Gasteiger partial charge in [-0.3, -0.25) is 0 Å². The quantitative estimate of drug-likeness (QED) is 0.154. The number of hydrogen-bond acceptors (Lipinski definition) is 2. The lowest BCUT2D eigenvalue weighted by Gasteiger charge is -2.46. The number of aromatic nitrogens is 1. The smallest absolute Gasteiger partial charge is 0.252 e. The highest BCUT2D eigenvalue weighted by atomic mass is 32.1. The van der Waals surface area contributed by atoms with Crippen molar-refractivity contribution in [1.82, 2.24) is 4.57 Å². The van der Waals surface area contributed by atoms with E-state index >= 15 is 0 Å². The van der Waals surface area contributed by atoms with Gasteiger partial charge in [0.1, 0.15) is 4.83 Å². The number of thiophene rings is 1. The first-order valence-electron chi connectivity index (χ1n) is 19.9. The van der Waals surface area contributed by atoms with Crippen LogP contribution in [0.2, 0.25) is 0 Å². The van der Waals surface area contributed by atoms with Crippen molar-refractivity contribution in [3.8, 4) is 5.69 Å². The fraction of sp³-hybridized carbons (Fsp3) is 0.347. The van der Waals surface area contributed by atoms with Crippen LogP contribution in [0.15, 0.2) is 84.9 Å². The Morgan fingerprint density at radius 2 is 1.19 bits per heavy atom. The summed E-state index contributed by atoms with van der Waals surface area (Å²) in [7, 11) is 0. The van der Waals surface area contributed by atoms with Crippen LogP contribution in [0, 0.1) is 6.92 Å². The maximum Gasteiger partial charge on any atom is 0.252 e. The van der Waals surface area contributed by atoms with Gasteiger partial charge in [0, 0.05) is 43.6 Å². The Kier molecular flexibility index (Phi) is 6.11. The predicted molar refractivity (Wildman–Crippen MR) is 231 cm³/mol. The summed E-state index contributed by atoms with van der Waals surface area (Å²) in [5, 5.41) is 4.16. The molecule has 5 aromatic carbocycles. The molecule has 53 heavy (non-hydrogen) atoms. The molecule has 2 aromatic heterocycles. The number of hydrogen-bond donors (Lipinski definition) is 0. The van der Waals surface area contributed by atoms with Gasteiger partial charge < -0.3 is 9.47 Å². The van der Waals surface area contributed by atoms with E-state index in [9.17, 15) is 0 Å². The minimum atomic E-state index is 0.109. The van der Waals surface area contributed by atoms with Gasteiger partial charge in [0.05, 0.1) is 5.52 Å². The summed E-state index contributed by atoms with van der Waals surface area (Å²) >= 11 is 1.95. The average molecular weight is 709 g/mol. The Morgan fingerprint density at radius 1 is 0.566 bits per heavy atom. The van der Waals surface area contributed by atoms with Crippen molar-refractivity contribution >= 4 is 82.7 Å². The highest BCUT2D eigenvalue weighted by molar-refractivity contribution is 7.26. The second-order valence-electron chi connectivity index (χ2n) is 19.6. The van der Waals surface area contributed by atoms with Crippen LogP contribution in [-0.4, -0.2) is 11.3 Å². The molecule has 2 aliphatic carbocycles. The molecule has 0 unspecified atom stereocenters. The first kappa shape index (κ1) is 32.2. The number of nitrogens with zero attached hydrogens (tertiary/aromatic N) is 2. The first-order valence-corrected chi connectivity index (χ1v) is 20.7. The Bertz CT molecular complexity index is 2770. The van der Waals surface area contributed by atoms with Crippen LogP contribution in [0.25, 0.3) is 36.9 Å². The average Bonchev–Trinajstić information content (AvgIpc) is 3.65. The largest absolute Gasteiger partial charge is 0.311 e. The second kappa shape index (κ2) is 10.1. The van der Waals surface area contributed by atoms with Crippen molar-refractivity contribution in [3.05, 3.63) is 113 Å². The molecule has 11 rings (SSSR count). The summed E-state index contributed by atoms with van der Waals surface area (Å²) < 4.78 is 4.01. The van der Waals surface area contributed by atoms with Gasteiger partial charge in [-0.25, -0.2) is 0 Å². The maximum absolute atomic E-state index is 2.68. The highest BCUT2D eigenvalue weighted by Gasteiger charge is 2.46. The summed E-state index contributed by atoms with van der Waals surface area (Å²) in [5.41, 5.74) is 19.0. The number of rotatable bonds is 1. The lowest BCUT2D eigenvalue weighted by atomic mass is 9.33.